The summed E-state index contributed by atoms with van der Waals surface area (Å²) < 4.78 is 5.45. The lowest BCUT2D eigenvalue weighted by molar-refractivity contribution is -0.138. The molecule has 3 amide bonds. The van der Waals surface area contributed by atoms with Crippen LogP contribution in [0.15, 0.2) is 30.3 Å². The molecular formula is C22H31N3O4. The molecule has 0 bridgehead atoms. The minimum atomic E-state index is -0.546. The van der Waals surface area contributed by atoms with Gasteiger partial charge in [-0.15, -0.1) is 0 Å². The Hall–Kier alpha value is -2.57. The monoisotopic (exact) mass is 401 g/mol. The van der Waals surface area contributed by atoms with Gasteiger partial charge in [0.2, 0.25) is 5.91 Å². The van der Waals surface area contributed by atoms with Crippen molar-refractivity contribution < 1.29 is 19.1 Å². The van der Waals surface area contributed by atoms with E-state index in [9.17, 15) is 14.4 Å². The molecule has 158 valence electrons. The summed E-state index contributed by atoms with van der Waals surface area (Å²) in [7, 11) is 0. The third kappa shape index (κ3) is 5.49. The zero-order valence-electron chi connectivity index (χ0n) is 17.6. The molecule has 1 aromatic carbocycles. The number of ether oxygens (including phenoxy) is 1. The molecule has 1 aromatic rings. The lowest BCUT2D eigenvalue weighted by atomic mass is 9.96. The van der Waals surface area contributed by atoms with Crippen LogP contribution >= 0.6 is 0 Å². The van der Waals surface area contributed by atoms with Crippen LogP contribution in [0.5, 0.6) is 0 Å². The molecule has 0 saturated carbocycles. The standard InChI is InChI=1S/C22H31N3O4/c1-22(2,3)29-21(28)25-11-7-10-18(16-25)20(27)24-14-12-23(13-15-24)19(26)17-8-5-4-6-9-17/h4-6,8-9,18H,7,10-16H2,1-3H3/t18-/m0/s1. The fourth-order valence-electron chi connectivity index (χ4n) is 3.82. The number of nitrogens with zero attached hydrogens (tertiary/aromatic N) is 3. The van der Waals surface area contributed by atoms with Crippen LogP contribution in [0, 0.1) is 5.92 Å². The number of hydrogen-bond acceptors (Lipinski definition) is 4. The van der Waals surface area contributed by atoms with Crippen molar-refractivity contribution in [1.82, 2.24) is 14.7 Å². The van der Waals surface area contributed by atoms with E-state index in [2.05, 4.69) is 0 Å². The second-order valence-corrected chi connectivity index (χ2v) is 8.75. The van der Waals surface area contributed by atoms with Crippen LogP contribution in [-0.4, -0.2) is 77.5 Å². The molecule has 0 unspecified atom stereocenters. The second-order valence-electron chi connectivity index (χ2n) is 8.75. The third-order valence-corrected chi connectivity index (χ3v) is 5.32. The molecule has 2 aliphatic heterocycles. The molecule has 2 fully saturated rings. The van der Waals surface area contributed by atoms with Crippen molar-refractivity contribution in [3.05, 3.63) is 35.9 Å². The Morgan fingerprint density at radius 3 is 2.14 bits per heavy atom. The summed E-state index contributed by atoms with van der Waals surface area (Å²) >= 11 is 0. The maximum atomic E-state index is 13.0. The number of rotatable bonds is 2. The summed E-state index contributed by atoms with van der Waals surface area (Å²) in [5.74, 6) is -0.121. The summed E-state index contributed by atoms with van der Waals surface area (Å²) in [5.41, 5.74) is 0.128. The predicted molar refractivity (Wildman–Crippen MR) is 109 cm³/mol. The van der Waals surface area contributed by atoms with Gasteiger partial charge in [0.25, 0.3) is 5.91 Å². The first kappa shape index (κ1) is 21.1. The highest BCUT2D eigenvalue weighted by Gasteiger charge is 2.34. The first-order chi connectivity index (χ1) is 13.7. The topological polar surface area (TPSA) is 70.2 Å². The van der Waals surface area contributed by atoms with Gasteiger partial charge in [-0.3, -0.25) is 9.59 Å². The summed E-state index contributed by atoms with van der Waals surface area (Å²) in [4.78, 5) is 43.2. The Kier molecular flexibility index (Phi) is 6.45. The Balaban J connectivity index is 1.52. The molecular weight excluding hydrogens is 370 g/mol. The highest BCUT2D eigenvalue weighted by molar-refractivity contribution is 5.94. The minimum absolute atomic E-state index is 0.00599. The molecule has 2 aliphatic rings. The summed E-state index contributed by atoms with van der Waals surface area (Å²) in [6, 6.07) is 9.22. The molecule has 0 radical (unpaired) electrons. The van der Waals surface area contributed by atoms with Crippen molar-refractivity contribution >= 4 is 17.9 Å². The van der Waals surface area contributed by atoms with Crippen molar-refractivity contribution in [3.63, 3.8) is 0 Å². The smallest absolute Gasteiger partial charge is 0.410 e. The van der Waals surface area contributed by atoms with Crippen LogP contribution in [0.25, 0.3) is 0 Å². The van der Waals surface area contributed by atoms with Gasteiger partial charge < -0.3 is 19.4 Å². The first-order valence-corrected chi connectivity index (χ1v) is 10.4. The molecule has 3 rings (SSSR count). The Morgan fingerprint density at radius 2 is 1.52 bits per heavy atom. The highest BCUT2D eigenvalue weighted by Crippen LogP contribution is 2.22. The van der Waals surface area contributed by atoms with Crippen LogP contribution < -0.4 is 0 Å². The zero-order chi connectivity index (χ0) is 21.0. The van der Waals surface area contributed by atoms with E-state index in [0.717, 1.165) is 12.8 Å². The number of hydrogen-bond donors (Lipinski definition) is 0. The average Bonchev–Trinajstić information content (AvgIpc) is 2.72. The minimum Gasteiger partial charge on any atom is -0.444 e. The first-order valence-electron chi connectivity index (χ1n) is 10.4. The van der Waals surface area contributed by atoms with Crippen LogP contribution in [-0.2, 0) is 9.53 Å². The van der Waals surface area contributed by atoms with E-state index < -0.39 is 5.60 Å². The van der Waals surface area contributed by atoms with Crippen molar-refractivity contribution in [2.75, 3.05) is 39.3 Å². The molecule has 0 aromatic heterocycles. The lowest BCUT2D eigenvalue weighted by Crippen LogP contribution is -2.54. The van der Waals surface area contributed by atoms with Gasteiger partial charge in [0.05, 0.1) is 5.92 Å². The van der Waals surface area contributed by atoms with Crippen molar-refractivity contribution in [1.29, 1.82) is 0 Å². The molecule has 0 aliphatic carbocycles. The molecule has 29 heavy (non-hydrogen) atoms. The Morgan fingerprint density at radius 1 is 0.897 bits per heavy atom. The van der Waals surface area contributed by atoms with Gasteiger partial charge >= 0.3 is 6.09 Å². The van der Waals surface area contributed by atoms with Crippen molar-refractivity contribution in [3.8, 4) is 0 Å². The van der Waals surface area contributed by atoms with Gasteiger partial charge in [-0.05, 0) is 45.7 Å². The fraction of sp³-hybridized carbons (Fsp3) is 0.591. The molecule has 7 nitrogen and oxygen atoms in total. The fourth-order valence-corrected chi connectivity index (χ4v) is 3.82. The van der Waals surface area contributed by atoms with Crippen LogP contribution in [0.3, 0.4) is 0 Å². The molecule has 2 saturated heterocycles. The number of carbonyl (C=O) groups is 3. The van der Waals surface area contributed by atoms with Gasteiger partial charge in [-0.2, -0.15) is 0 Å². The maximum Gasteiger partial charge on any atom is 0.410 e. The highest BCUT2D eigenvalue weighted by atomic mass is 16.6. The van der Waals surface area contributed by atoms with Crippen LogP contribution in [0.1, 0.15) is 44.0 Å². The average molecular weight is 402 g/mol. The molecule has 7 heteroatoms. The van der Waals surface area contributed by atoms with E-state index in [-0.39, 0.29) is 23.8 Å². The lowest BCUT2D eigenvalue weighted by Gasteiger charge is -2.39. The summed E-state index contributed by atoms with van der Waals surface area (Å²) in [6.45, 7) is 8.66. The van der Waals surface area contributed by atoms with E-state index in [0.29, 0.717) is 44.8 Å². The number of likely N-dealkylation sites (tertiary alicyclic amines) is 1. The van der Waals surface area contributed by atoms with E-state index >= 15 is 0 Å². The second kappa shape index (κ2) is 8.84. The van der Waals surface area contributed by atoms with Crippen LogP contribution in [0.4, 0.5) is 4.79 Å². The summed E-state index contributed by atoms with van der Waals surface area (Å²) in [5, 5.41) is 0. The molecule has 0 N–H and O–H groups in total. The number of carbonyl (C=O) groups excluding carboxylic acids is 3. The number of piperazine rings is 1. The van der Waals surface area contributed by atoms with Crippen molar-refractivity contribution in [2.24, 2.45) is 5.92 Å². The quantitative estimate of drug-likeness (QED) is 0.764. The van der Waals surface area contributed by atoms with E-state index in [1.54, 1.807) is 9.80 Å². The number of benzene rings is 1. The number of amides is 3. The Bertz CT molecular complexity index is 736. The Labute approximate surface area is 172 Å². The maximum absolute atomic E-state index is 13.0. The molecule has 1 atom stereocenters. The molecule has 2 heterocycles. The van der Waals surface area contributed by atoms with E-state index in [4.69, 9.17) is 4.74 Å². The van der Waals surface area contributed by atoms with Gasteiger partial charge in [0.15, 0.2) is 0 Å². The van der Waals surface area contributed by atoms with Gasteiger partial charge in [-0.1, -0.05) is 18.2 Å². The van der Waals surface area contributed by atoms with Crippen molar-refractivity contribution in [2.45, 2.75) is 39.2 Å². The zero-order valence-corrected chi connectivity index (χ0v) is 17.6. The third-order valence-electron chi connectivity index (χ3n) is 5.32. The SMILES string of the molecule is CC(C)(C)OC(=O)N1CCC[C@H](C(=O)N2CCN(C(=O)c3ccccc3)CC2)C1. The van der Waals surface area contributed by atoms with Gasteiger partial charge in [0, 0.05) is 44.8 Å². The predicted octanol–water partition coefficient (Wildman–Crippen LogP) is 2.62. The van der Waals surface area contributed by atoms with E-state index in [1.807, 2.05) is 56.0 Å². The van der Waals surface area contributed by atoms with Gasteiger partial charge in [0.1, 0.15) is 5.60 Å². The number of piperidine rings is 1. The normalized spacial score (nSPS) is 20.4. The van der Waals surface area contributed by atoms with E-state index in [1.165, 1.54) is 0 Å². The van der Waals surface area contributed by atoms with Gasteiger partial charge in [-0.25, -0.2) is 4.79 Å². The molecule has 0 spiro atoms. The van der Waals surface area contributed by atoms with Crippen LogP contribution in [0.2, 0.25) is 0 Å². The largest absolute Gasteiger partial charge is 0.444 e. The summed E-state index contributed by atoms with van der Waals surface area (Å²) in [6.07, 6.45) is 1.22.